The molecule has 0 amide bonds. The highest BCUT2D eigenvalue weighted by Crippen LogP contribution is 2.21. The van der Waals surface area contributed by atoms with E-state index in [-0.39, 0.29) is 11.6 Å². The average molecular weight is 257 g/mol. The summed E-state index contributed by atoms with van der Waals surface area (Å²) in [6, 6.07) is 0. The van der Waals surface area contributed by atoms with E-state index in [4.69, 9.17) is 5.11 Å². The second-order valence-electron chi connectivity index (χ2n) is 4.05. The van der Waals surface area contributed by atoms with E-state index in [1.807, 2.05) is 13.0 Å². The molecular formula is C10H15N3O3S. The molecular weight excluding hydrogens is 242 g/mol. The molecule has 6 nitrogen and oxygen atoms in total. The number of H-pyrrole nitrogens is 1. The van der Waals surface area contributed by atoms with Gasteiger partial charge in [-0.15, -0.1) is 0 Å². The third kappa shape index (κ3) is 2.26. The molecule has 2 N–H and O–H groups in total. The van der Waals surface area contributed by atoms with Gasteiger partial charge in [0.1, 0.15) is 0 Å². The van der Waals surface area contributed by atoms with Crippen LogP contribution >= 0.6 is 0 Å². The van der Waals surface area contributed by atoms with Crippen LogP contribution < -0.4 is 0 Å². The molecule has 0 aliphatic carbocycles. The number of rotatable bonds is 3. The minimum absolute atomic E-state index is 0.00652. The van der Waals surface area contributed by atoms with Crippen molar-refractivity contribution in [3.63, 3.8) is 0 Å². The molecule has 2 rings (SSSR count). The summed E-state index contributed by atoms with van der Waals surface area (Å²) in [6.45, 7) is 2.49. The number of sulfonamides is 1. The van der Waals surface area contributed by atoms with Gasteiger partial charge in [-0.2, -0.15) is 9.40 Å². The number of hydrogen-bond acceptors (Lipinski definition) is 4. The Kier molecular flexibility index (Phi) is 3.32. The van der Waals surface area contributed by atoms with Crippen LogP contribution in [0.15, 0.2) is 22.9 Å². The van der Waals surface area contributed by atoms with Gasteiger partial charge in [0.15, 0.2) is 5.03 Å². The van der Waals surface area contributed by atoms with E-state index in [0.717, 1.165) is 6.42 Å². The molecule has 0 unspecified atom stereocenters. The van der Waals surface area contributed by atoms with Gasteiger partial charge in [0, 0.05) is 18.7 Å². The number of nitrogens with one attached hydrogen (secondary N) is 1. The predicted octanol–water partition coefficient (Wildman–Crippen LogP) is 0.243. The topological polar surface area (TPSA) is 86.3 Å². The molecule has 7 heteroatoms. The van der Waals surface area contributed by atoms with Crippen LogP contribution in [0, 0.1) is 0 Å². The van der Waals surface area contributed by atoms with E-state index in [1.54, 1.807) is 0 Å². The number of aromatic amines is 1. The van der Waals surface area contributed by atoms with Gasteiger partial charge in [-0.3, -0.25) is 5.10 Å². The number of aliphatic hydroxyl groups excluding tert-OH is 1. The molecule has 2 heterocycles. The van der Waals surface area contributed by atoms with Crippen LogP contribution in [0.25, 0.3) is 0 Å². The van der Waals surface area contributed by atoms with Gasteiger partial charge in [-0.05, 0) is 13.3 Å². The Morgan fingerprint density at radius 1 is 1.59 bits per heavy atom. The van der Waals surface area contributed by atoms with Crippen LogP contribution in [-0.2, 0) is 16.6 Å². The summed E-state index contributed by atoms with van der Waals surface area (Å²) in [4.78, 5) is 0. The van der Waals surface area contributed by atoms with Gasteiger partial charge in [0.25, 0.3) is 10.0 Å². The van der Waals surface area contributed by atoms with Crippen LogP contribution in [0.1, 0.15) is 18.9 Å². The molecule has 0 aromatic carbocycles. The van der Waals surface area contributed by atoms with E-state index < -0.39 is 10.0 Å². The Balaban J connectivity index is 2.31. The summed E-state index contributed by atoms with van der Waals surface area (Å²) in [5, 5.41) is 15.2. The van der Waals surface area contributed by atoms with Crippen molar-refractivity contribution in [3.8, 4) is 0 Å². The summed E-state index contributed by atoms with van der Waals surface area (Å²) >= 11 is 0. The zero-order chi connectivity index (χ0) is 12.5. The zero-order valence-corrected chi connectivity index (χ0v) is 10.4. The van der Waals surface area contributed by atoms with Crippen molar-refractivity contribution in [1.29, 1.82) is 0 Å². The fraction of sp³-hybridized carbons (Fsp3) is 0.500. The van der Waals surface area contributed by atoms with Crippen molar-refractivity contribution in [1.82, 2.24) is 14.5 Å². The molecule has 94 valence electrons. The van der Waals surface area contributed by atoms with Gasteiger partial charge in [0.2, 0.25) is 0 Å². The van der Waals surface area contributed by atoms with Crippen LogP contribution in [-0.4, -0.2) is 41.1 Å². The minimum atomic E-state index is -3.57. The van der Waals surface area contributed by atoms with E-state index in [9.17, 15) is 8.42 Å². The zero-order valence-electron chi connectivity index (χ0n) is 9.55. The monoisotopic (exact) mass is 257 g/mol. The standard InChI is InChI=1S/C10H15N3O3S/c1-8-2-4-13(5-3-8)17(15,16)10-9(7-14)6-11-12-10/h2,6,14H,3-5,7H2,1H3,(H,11,12). The fourth-order valence-electron chi connectivity index (χ4n) is 1.73. The SMILES string of the molecule is CC1=CCN(S(=O)(=O)c2[nH]ncc2CO)CC1. The maximum atomic E-state index is 12.2. The number of aromatic nitrogens is 2. The molecule has 0 spiro atoms. The van der Waals surface area contributed by atoms with Crippen molar-refractivity contribution in [2.75, 3.05) is 13.1 Å². The maximum absolute atomic E-state index is 12.2. The predicted molar refractivity (Wildman–Crippen MR) is 61.6 cm³/mol. The van der Waals surface area contributed by atoms with Crippen molar-refractivity contribution >= 4 is 10.0 Å². The molecule has 0 radical (unpaired) electrons. The maximum Gasteiger partial charge on any atom is 0.260 e. The van der Waals surface area contributed by atoms with E-state index >= 15 is 0 Å². The van der Waals surface area contributed by atoms with Gasteiger partial charge < -0.3 is 5.11 Å². The molecule has 1 aromatic heterocycles. The quantitative estimate of drug-likeness (QED) is 0.760. The summed E-state index contributed by atoms with van der Waals surface area (Å²) < 4.78 is 25.9. The summed E-state index contributed by atoms with van der Waals surface area (Å²) in [7, 11) is -3.57. The van der Waals surface area contributed by atoms with Crippen LogP contribution in [0.4, 0.5) is 0 Å². The molecule has 0 fully saturated rings. The normalized spacial score (nSPS) is 18.1. The Bertz CT molecular complexity index is 533. The molecule has 0 bridgehead atoms. The molecule has 1 aliphatic rings. The Morgan fingerprint density at radius 2 is 2.35 bits per heavy atom. The molecule has 0 atom stereocenters. The molecule has 0 saturated heterocycles. The van der Waals surface area contributed by atoms with Crippen molar-refractivity contribution in [2.24, 2.45) is 0 Å². The second-order valence-corrected chi connectivity index (χ2v) is 5.92. The lowest BCUT2D eigenvalue weighted by Gasteiger charge is -2.24. The van der Waals surface area contributed by atoms with Gasteiger partial charge >= 0.3 is 0 Å². The van der Waals surface area contributed by atoms with Gasteiger partial charge in [0.05, 0.1) is 12.8 Å². The van der Waals surface area contributed by atoms with Crippen LogP contribution in [0.2, 0.25) is 0 Å². The van der Waals surface area contributed by atoms with Crippen molar-refractivity contribution in [3.05, 3.63) is 23.4 Å². The lowest BCUT2D eigenvalue weighted by atomic mass is 10.1. The van der Waals surface area contributed by atoms with Crippen LogP contribution in [0.3, 0.4) is 0 Å². The van der Waals surface area contributed by atoms with E-state index in [1.165, 1.54) is 16.1 Å². The Labute approximate surface area is 100 Å². The summed E-state index contributed by atoms with van der Waals surface area (Å²) in [6.07, 6.45) is 3.97. The van der Waals surface area contributed by atoms with Gasteiger partial charge in [-0.1, -0.05) is 11.6 Å². The van der Waals surface area contributed by atoms with E-state index in [0.29, 0.717) is 18.7 Å². The lowest BCUT2D eigenvalue weighted by Crippen LogP contribution is -2.35. The largest absolute Gasteiger partial charge is 0.392 e. The van der Waals surface area contributed by atoms with Crippen molar-refractivity contribution in [2.45, 2.75) is 25.0 Å². The number of nitrogens with zero attached hydrogens (tertiary/aromatic N) is 2. The highest BCUT2D eigenvalue weighted by molar-refractivity contribution is 7.89. The average Bonchev–Trinajstić information content (AvgIpc) is 2.78. The second kappa shape index (κ2) is 4.59. The lowest BCUT2D eigenvalue weighted by molar-refractivity contribution is 0.278. The first-order valence-corrected chi connectivity index (χ1v) is 6.78. The number of hydrogen-bond donors (Lipinski definition) is 2. The van der Waals surface area contributed by atoms with Gasteiger partial charge in [-0.25, -0.2) is 8.42 Å². The first-order chi connectivity index (χ1) is 8.05. The highest BCUT2D eigenvalue weighted by atomic mass is 32.2. The third-order valence-corrected chi connectivity index (χ3v) is 4.73. The summed E-state index contributed by atoms with van der Waals surface area (Å²) in [5.41, 5.74) is 1.50. The molecule has 1 aliphatic heterocycles. The first-order valence-electron chi connectivity index (χ1n) is 5.34. The first kappa shape index (κ1) is 12.3. The minimum Gasteiger partial charge on any atom is -0.392 e. The summed E-state index contributed by atoms with van der Waals surface area (Å²) in [5.74, 6) is 0. The van der Waals surface area contributed by atoms with E-state index in [2.05, 4.69) is 10.2 Å². The Morgan fingerprint density at radius 3 is 2.94 bits per heavy atom. The molecule has 17 heavy (non-hydrogen) atoms. The molecule has 1 aromatic rings. The number of aliphatic hydroxyl groups is 1. The smallest absolute Gasteiger partial charge is 0.260 e. The van der Waals surface area contributed by atoms with Crippen LogP contribution in [0.5, 0.6) is 0 Å². The highest BCUT2D eigenvalue weighted by Gasteiger charge is 2.28. The van der Waals surface area contributed by atoms with Crippen molar-refractivity contribution < 1.29 is 13.5 Å². The molecule has 0 saturated carbocycles. The fourth-order valence-corrected chi connectivity index (χ4v) is 3.21. The Hall–Kier alpha value is -1.18. The third-order valence-electron chi connectivity index (χ3n) is 2.85.